The van der Waals surface area contributed by atoms with E-state index in [1.807, 2.05) is 36.4 Å². The first kappa shape index (κ1) is 21.2. The van der Waals surface area contributed by atoms with Gasteiger partial charge in [0.25, 0.3) is 0 Å². The van der Waals surface area contributed by atoms with Crippen molar-refractivity contribution in [2.75, 3.05) is 13.2 Å². The number of benzene rings is 2. The Bertz CT molecular complexity index is 906. The first-order valence-corrected chi connectivity index (χ1v) is 8.94. The maximum Gasteiger partial charge on any atom is 0.144 e. The second kappa shape index (κ2) is 9.18. The summed E-state index contributed by atoms with van der Waals surface area (Å²) in [6, 6.07) is 20.4. The van der Waals surface area contributed by atoms with Crippen LogP contribution in [0.5, 0.6) is 0 Å². The molecule has 1 unspecified atom stereocenters. The van der Waals surface area contributed by atoms with Crippen molar-refractivity contribution in [2.24, 2.45) is 5.16 Å². The van der Waals surface area contributed by atoms with Gasteiger partial charge in [0, 0.05) is 22.9 Å². The number of hydrogen-bond donors (Lipinski definition) is 2. The number of nitrogens with one attached hydrogen (secondary N) is 1. The van der Waals surface area contributed by atoms with E-state index in [0.29, 0.717) is 6.54 Å². The minimum Gasteiger partial charge on any atom is -0.392 e. The van der Waals surface area contributed by atoms with Crippen LogP contribution in [-0.2, 0) is 4.84 Å². The lowest BCUT2D eigenvalue weighted by Gasteiger charge is -2.22. The van der Waals surface area contributed by atoms with Crippen LogP contribution in [0.25, 0.3) is 21.5 Å². The van der Waals surface area contributed by atoms with Crippen molar-refractivity contribution in [2.45, 2.75) is 32.4 Å². The van der Waals surface area contributed by atoms with Crippen LogP contribution in [0.3, 0.4) is 0 Å². The predicted octanol–water partition coefficient (Wildman–Crippen LogP) is 4.00. The third-order valence-electron chi connectivity index (χ3n) is 4.17. The topological polar surface area (TPSA) is 53.8 Å². The standard InChI is InChI=1S/C22H26N2O2.ClH/c1-22(2,3)23-14-18(25)15-26-24-21-19-10-6-4-8-16(19)12-13-17-9-5-7-11-20(17)21;/h4-13,18,23,25H,14-15H2,1-3H3;1H. The van der Waals surface area contributed by atoms with E-state index < -0.39 is 6.10 Å². The second-order valence-corrected chi connectivity index (χ2v) is 7.53. The summed E-state index contributed by atoms with van der Waals surface area (Å²) in [6.45, 7) is 6.79. The van der Waals surface area contributed by atoms with Crippen LogP contribution in [0.15, 0.2) is 65.8 Å². The lowest BCUT2D eigenvalue weighted by Crippen LogP contribution is -2.42. The monoisotopic (exact) mass is 386 g/mol. The van der Waals surface area contributed by atoms with Gasteiger partial charge in [-0.3, -0.25) is 0 Å². The normalized spacial score (nSPS) is 12.4. The third-order valence-corrected chi connectivity index (χ3v) is 4.17. The van der Waals surface area contributed by atoms with Gasteiger partial charge < -0.3 is 15.3 Å². The summed E-state index contributed by atoms with van der Waals surface area (Å²) in [7, 11) is 0. The predicted molar refractivity (Wildman–Crippen MR) is 114 cm³/mol. The Morgan fingerprint density at radius 2 is 1.44 bits per heavy atom. The van der Waals surface area contributed by atoms with Gasteiger partial charge in [-0.25, -0.2) is 0 Å². The summed E-state index contributed by atoms with van der Waals surface area (Å²) in [5.74, 6) is 0. The van der Waals surface area contributed by atoms with Crippen molar-refractivity contribution >= 4 is 34.0 Å². The molecule has 0 fully saturated rings. The number of halogens is 1. The number of fused-ring (bicyclic) bond motifs is 2. The van der Waals surface area contributed by atoms with Crippen molar-refractivity contribution in [3.63, 3.8) is 0 Å². The number of nitrogens with zero attached hydrogens (tertiary/aromatic N) is 1. The molecule has 4 nitrogen and oxygen atoms in total. The van der Waals surface area contributed by atoms with E-state index in [0.717, 1.165) is 26.9 Å². The summed E-state index contributed by atoms with van der Waals surface area (Å²) in [6.07, 6.45) is -0.618. The molecule has 0 aliphatic rings. The van der Waals surface area contributed by atoms with Gasteiger partial charge in [0.2, 0.25) is 0 Å². The fourth-order valence-corrected chi connectivity index (χ4v) is 2.81. The van der Waals surface area contributed by atoms with Crippen LogP contribution in [0.1, 0.15) is 20.8 Å². The van der Waals surface area contributed by atoms with E-state index in [1.54, 1.807) is 0 Å². The highest BCUT2D eigenvalue weighted by atomic mass is 35.5. The number of aliphatic hydroxyl groups is 1. The Kier molecular flexibility index (Phi) is 7.19. The molecule has 3 aromatic carbocycles. The van der Waals surface area contributed by atoms with Crippen molar-refractivity contribution < 1.29 is 9.94 Å². The van der Waals surface area contributed by atoms with E-state index in [9.17, 15) is 5.11 Å². The molecule has 2 N–H and O–H groups in total. The van der Waals surface area contributed by atoms with Gasteiger partial charge in [-0.05, 0) is 31.5 Å². The molecule has 0 heterocycles. The summed E-state index contributed by atoms with van der Waals surface area (Å²) < 4.78 is 0. The van der Waals surface area contributed by atoms with Crippen molar-refractivity contribution in [1.82, 2.24) is 5.32 Å². The molecule has 0 radical (unpaired) electrons. The Labute approximate surface area is 166 Å². The molecule has 1 atom stereocenters. The van der Waals surface area contributed by atoms with Crippen molar-refractivity contribution in [3.05, 3.63) is 66.0 Å². The molecule has 0 amide bonds. The zero-order valence-corrected chi connectivity index (χ0v) is 16.8. The fraction of sp³-hybridized carbons (Fsp3) is 0.318. The fourth-order valence-electron chi connectivity index (χ4n) is 2.81. The number of rotatable bonds is 5. The van der Waals surface area contributed by atoms with Crippen LogP contribution in [0, 0.1) is 0 Å². The number of β-amino-alcohol motifs (C(OH)–C–C–N with tert-alkyl or cyclic N) is 1. The largest absolute Gasteiger partial charge is 0.392 e. The van der Waals surface area contributed by atoms with Gasteiger partial charge in [-0.15, -0.1) is 12.4 Å². The molecule has 0 bridgehead atoms. The summed E-state index contributed by atoms with van der Waals surface area (Å²) in [5, 5.41) is 22.8. The summed E-state index contributed by atoms with van der Waals surface area (Å²) >= 11 is 0. The van der Waals surface area contributed by atoms with Crippen LogP contribution in [-0.4, -0.2) is 29.9 Å². The molecule has 0 aromatic heterocycles. The molecule has 5 heteroatoms. The molecule has 0 spiro atoms. The van der Waals surface area contributed by atoms with Crippen LogP contribution < -0.4 is 10.7 Å². The zero-order chi connectivity index (χ0) is 18.6. The highest BCUT2D eigenvalue weighted by Gasteiger charge is 2.12. The molecule has 3 rings (SSSR count). The lowest BCUT2D eigenvalue weighted by molar-refractivity contribution is 0.0328. The van der Waals surface area contributed by atoms with E-state index in [4.69, 9.17) is 4.84 Å². The SMILES string of the molecule is CC(C)(C)NCC(O)CON=c1c2ccccc2ccc2ccccc12.Cl. The van der Waals surface area contributed by atoms with E-state index in [2.05, 4.69) is 55.5 Å². The van der Waals surface area contributed by atoms with Gasteiger partial charge in [0.1, 0.15) is 18.1 Å². The Morgan fingerprint density at radius 3 is 1.96 bits per heavy atom. The Hall–Kier alpha value is -2.14. The quantitative estimate of drug-likeness (QED) is 0.652. The molecule has 0 saturated heterocycles. The summed E-state index contributed by atoms with van der Waals surface area (Å²) in [5.41, 5.74) is -0.0439. The van der Waals surface area contributed by atoms with E-state index >= 15 is 0 Å². The molecule has 0 saturated carbocycles. The molecule has 27 heavy (non-hydrogen) atoms. The number of aliphatic hydroxyl groups excluding tert-OH is 1. The van der Waals surface area contributed by atoms with Crippen molar-refractivity contribution in [3.8, 4) is 0 Å². The first-order valence-electron chi connectivity index (χ1n) is 8.94. The van der Waals surface area contributed by atoms with Gasteiger partial charge in [0.05, 0.1) is 0 Å². The average Bonchev–Trinajstić information content (AvgIpc) is 2.77. The molecule has 0 aliphatic carbocycles. The van der Waals surface area contributed by atoms with Crippen LogP contribution in [0.2, 0.25) is 0 Å². The summed E-state index contributed by atoms with van der Waals surface area (Å²) in [4.78, 5) is 5.54. The molecular weight excluding hydrogens is 360 g/mol. The van der Waals surface area contributed by atoms with Gasteiger partial charge >= 0.3 is 0 Å². The highest BCUT2D eigenvalue weighted by Crippen LogP contribution is 2.15. The van der Waals surface area contributed by atoms with E-state index in [1.165, 1.54) is 0 Å². The van der Waals surface area contributed by atoms with Crippen molar-refractivity contribution in [1.29, 1.82) is 0 Å². The second-order valence-electron chi connectivity index (χ2n) is 7.53. The van der Waals surface area contributed by atoms with Crippen LogP contribution >= 0.6 is 12.4 Å². The average molecular weight is 387 g/mol. The molecule has 144 valence electrons. The Balaban J connectivity index is 0.00000261. The molecule has 0 aliphatic heterocycles. The van der Waals surface area contributed by atoms with Gasteiger partial charge in [-0.1, -0.05) is 65.8 Å². The number of hydrogen-bond acceptors (Lipinski definition) is 4. The lowest BCUT2D eigenvalue weighted by atomic mass is 10.1. The third kappa shape index (κ3) is 5.67. The highest BCUT2D eigenvalue weighted by molar-refractivity contribution is 5.92. The van der Waals surface area contributed by atoms with E-state index in [-0.39, 0.29) is 24.6 Å². The molecular formula is C22H27ClN2O2. The van der Waals surface area contributed by atoms with Crippen LogP contribution in [0.4, 0.5) is 0 Å². The smallest absolute Gasteiger partial charge is 0.144 e. The minimum absolute atomic E-state index is 0. The Morgan fingerprint density at radius 1 is 0.926 bits per heavy atom. The first-order chi connectivity index (χ1) is 12.4. The van der Waals surface area contributed by atoms with Gasteiger partial charge in [0.15, 0.2) is 0 Å². The zero-order valence-electron chi connectivity index (χ0n) is 16.0. The maximum absolute atomic E-state index is 10.1. The molecule has 3 aromatic rings. The van der Waals surface area contributed by atoms with Gasteiger partial charge in [-0.2, -0.15) is 0 Å². The maximum atomic E-state index is 10.1. The minimum atomic E-state index is -0.618.